The van der Waals surface area contributed by atoms with Crippen molar-refractivity contribution in [3.05, 3.63) is 0 Å². The van der Waals surface area contributed by atoms with Crippen LogP contribution in [0, 0.1) is 12.3 Å². The lowest BCUT2D eigenvalue weighted by molar-refractivity contribution is -0.150. The minimum atomic E-state index is -0.578. The van der Waals surface area contributed by atoms with Crippen LogP contribution in [0.4, 0.5) is 0 Å². The molecule has 0 saturated carbocycles. The number of carbonyl (C=O) groups excluding carboxylic acids is 1. The van der Waals surface area contributed by atoms with Gasteiger partial charge in [-0.2, -0.15) is 0 Å². The summed E-state index contributed by atoms with van der Waals surface area (Å²) in [5, 5.41) is 3.16. The zero-order chi connectivity index (χ0) is 12.7. The molecule has 0 aliphatic carbocycles. The Bertz CT molecular complexity index is 288. The fourth-order valence-electron chi connectivity index (χ4n) is 2.34. The van der Waals surface area contributed by atoms with Crippen LogP contribution in [-0.2, 0) is 9.53 Å². The van der Waals surface area contributed by atoms with Crippen LogP contribution < -0.4 is 5.32 Å². The van der Waals surface area contributed by atoms with Crippen molar-refractivity contribution in [2.75, 3.05) is 33.3 Å². The molecular formula is C13H22N2O2. The first-order valence-electron chi connectivity index (χ1n) is 6.18. The van der Waals surface area contributed by atoms with E-state index >= 15 is 0 Å². The Kier molecular flexibility index (Phi) is 5.46. The molecule has 1 fully saturated rings. The standard InChI is InChI=1S/C13H22N2O2/c1-4-8-14-13(12(16)17-3)6-10-15(9-5-2)11-7-13/h1,14H,5-11H2,2-3H3. The summed E-state index contributed by atoms with van der Waals surface area (Å²) in [7, 11) is 1.43. The highest BCUT2D eigenvalue weighted by Crippen LogP contribution is 2.23. The molecule has 0 bridgehead atoms. The molecule has 0 aromatic carbocycles. The minimum absolute atomic E-state index is 0.191. The topological polar surface area (TPSA) is 41.6 Å². The van der Waals surface area contributed by atoms with Crippen molar-refractivity contribution in [3.63, 3.8) is 0 Å². The van der Waals surface area contributed by atoms with Gasteiger partial charge in [-0.05, 0) is 25.8 Å². The van der Waals surface area contributed by atoms with Gasteiger partial charge in [0.1, 0.15) is 5.54 Å². The normalized spacial score (nSPS) is 19.6. The van der Waals surface area contributed by atoms with Gasteiger partial charge in [0.25, 0.3) is 0 Å². The summed E-state index contributed by atoms with van der Waals surface area (Å²) in [5.41, 5.74) is -0.578. The van der Waals surface area contributed by atoms with E-state index in [2.05, 4.69) is 23.1 Å². The fraction of sp³-hybridized carbons (Fsp3) is 0.769. The van der Waals surface area contributed by atoms with E-state index in [4.69, 9.17) is 11.2 Å². The lowest BCUT2D eigenvalue weighted by Crippen LogP contribution is -2.59. The molecule has 1 aliphatic rings. The van der Waals surface area contributed by atoms with Crippen molar-refractivity contribution in [3.8, 4) is 12.3 Å². The first-order valence-corrected chi connectivity index (χ1v) is 6.18. The van der Waals surface area contributed by atoms with Crippen LogP contribution >= 0.6 is 0 Å². The second-order valence-corrected chi connectivity index (χ2v) is 4.47. The molecular weight excluding hydrogens is 216 g/mol. The largest absolute Gasteiger partial charge is 0.468 e. The van der Waals surface area contributed by atoms with Crippen molar-refractivity contribution in [2.24, 2.45) is 0 Å². The first-order chi connectivity index (χ1) is 8.18. The first kappa shape index (κ1) is 14.0. The van der Waals surface area contributed by atoms with Crippen molar-refractivity contribution in [1.29, 1.82) is 0 Å². The maximum atomic E-state index is 11.9. The number of carbonyl (C=O) groups is 1. The molecule has 1 heterocycles. The van der Waals surface area contributed by atoms with Crippen molar-refractivity contribution in [2.45, 2.75) is 31.7 Å². The third kappa shape index (κ3) is 3.45. The van der Waals surface area contributed by atoms with Crippen molar-refractivity contribution in [1.82, 2.24) is 10.2 Å². The summed E-state index contributed by atoms with van der Waals surface area (Å²) >= 11 is 0. The Hall–Kier alpha value is -1.05. The van der Waals surface area contributed by atoms with Gasteiger partial charge in [-0.1, -0.05) is 12.8 Å². The Morgan fingerprint density at radius 3 is 2.65 bits per heavy atom. The van der Waals surface area contributed by atoms with Gasteiger partial charge in [0.2, 0.25) is 0 Å². The number of piperidine rings is 1. The predicted octanol–water partition coefficient (Wildman–Crippen LogP) is 0.627. The average Bonchev–Trinajstić information content (AvgIpc) is 2.37. The predicted molar refractivity (Wildman–Crippen MR) is 67.5 cm³/mol. The van der Waals surface area contributed by atoms with E-state index in [0.717, 1.165) is 38.9 Å². The van der Waals surface area contributed by atoms with E-state index in [1.807, 2.05) is 0 Å². The van der Waals surface area contributed by atoms with Crippen LogP contribution in [-0.4, -0.2) is 49.7 Å². The number of esters is 1. The third-order valence-corrected chi connectivity index (χ3v) is 3.35. The SMILES string of the molecule is C#CCNC1(C(=O)OC)CCN(CCC)CC1. The molecule has 0 aromatic heterocycles. The highest BCUT2D eigenvalue weighted by atomic mass is 16.5. The van der Waals surface area contributed by atoms with Crippen LogP contribution in [0.2, 0.25) is 0 Å². The molecule has 17 heavy (non-hydrogen) atoms. The van der Waals surface area contributed by atoms with Gasteiger partial charge >= 0.3 is 5.97 Å². The van der Waals surface area contributed by atoms with Gasteiger partial charge < -0.3 is 9.64 Å². The number of hydrogen-bond donors (Lipinski definition) is 1. The molecule has 0 aromatic rings. The quantitative estimate of drug-likeness (QED) is 0.563. The molecule has 0 atom stereocenters. The number of likely N-dealkylation sites (tertiary alicyclic amines) is 1. The zero-order valence-electron chi connectivity index (χ0n) is 10.8. The summed E-state index contributed by atoms with van der Waals surface area (Å²) < 4.78 is 4.90. The number of rotatable bonds is 5. The Labute approximate surface area is 104 Å². The zero-order valence-corrected chi connectivity index (χ0v) is 10.8. The molecule has 96 valence electrons. The molecule has 4 nitrogen and oxygen atoms in total. The fourth-order valence-corrected chi connectivity index (χ4v) is 2.34. The summed E-state index contributed by atoms with van der Waals surface area (Å²) in [6.07, 6.45) is 7.92. The average molecular weight is 238 g/mol. The van der Waals surface area contributed by atoms with Crippen LogP contribution in [0.1, 0.15) is 26.2 Å². The van der Waals surface area contributed by atoms with Gasteiger partial charge in [-0.15, -0.1) is 6.42 Å². The Morgan fingerprint density at radius 1 is 1.53 bits per heavy atom. The number of hydrogen-bond acceptors (Lipinski definition) is 4. The minimum Gasteiger partial charge on any atom is -0.468 e. The molecule has 0 unspecified atom stereocenters. The third-order valence-electron chi connectivity index (χ3n) is 3.35. The second kappa shape index (κ2) is 6.63. The summed E-state index contributed by atoms with van der Waals surface area (Å²) in [4.78, 5) is 14.3. The highest BCUT2D eigenvalue weighted by molar-refractivity contribution is 5.81. The molecule has 0 spiro atoms. The molecule has 0 radical (unpaired) electrons. The molecule has 1 rings (SSSR count). The van der Waals surface area contributed by atoms with Crippen LogP contribution in [0.25, 0.3) is 0 Å². The van der Waals surface area contributed by atoms with E-state index < -0.39 is 5.54 Å². The lowest BCUT2D eigenvalue weighted by atomic mass is 9.87. The summed E-state index contributed by atoms with van der Waals surface area (Å²) in [6, 6.07) is 0. The summed E-state index contributed by atoms with van der Waals surface area (Å²) in [6.45, 7) is 5.50. The van der Waals surface area contributed by atoms with Gasteiger partial charge in [0.05, 0.1) is 13.7 Å². The van der Waals surface area contributed by atoms with Crippen LogP contribution in [0.3, 0.4) is 0 Å². The lowest BCUT2D eigenvalue weighted by Gasteiger charge is -2.39. The monoisotopic (exact) mass is 238 g/mol. The van der Waals surface area contributed by atoms with E-state index in [1.165, 1.54) is 7.11 Å². The van der Waals surface area contributed by atoms with E-state index in [-0.39, 0.29) is 5.97 Å². The van der Waals surface area contributed by atoms with E-state index in [1.54, 1.807) is 0 Å². The highest BCUT2D eigenvalue weighted by Gasteiger charge is 2.41. The number of nitrogens with one attached hydrogen (secondary N) is 1. The maximum Gasteiger partial charge on any atom is 0.326 e. The van der Waals surface area contributed by atoms with Gasteiger partial charge in [0.15, 0.2) is 0 Å². The van der Waals surface area contributed by atoms with Crippen molar-refractivity contribution >= 4 is 5.97 Å². The van der Waals surface area contributed by atoms with E-state index in [9.17, 15) is 4.79 Å². The molecule has 1 N–H and O–H groups in total. The van der Waals surface area contributed by atoms with Gasteiger partial charge in [0, 0.05) is 13.1 Å². The molecule has 1 aliphatic heterocycles. The maximum absolute atomic E-state index is 11.9. The second-order valence-electron chi connectivity index (χ2n) is 4.47. The number of terminal acetylenes is 1. The van der Waals surface area contributed by atoms with Crippen molar-refractivity contribution < 1.29 is 9.53 Å². The van der Waals surface area contributed by atoms with Gasteiger partial charge in [-0.3, -0.25) is 10.1 Å². The number of ether oxygens (including phenoxy) is 1. The van der Waals surface area contributed by atoms with Gasteiger partial charge in [-0.25, -0.2) is 0 Å². The molecule has 1 saturated heterocycles. The Morgan fingerprint density at radius 2 is 2.18 bits per heavy atom. The number of methoxy groups -OCH3 is 1. The van der Waals surface area contributed by atoms with E-state index in [0.29, 0.717) is 6.54 Å². The van der Waals surface area contributed by atoms with Crippen LogP contribution in [0.5, 0.6) is 0 Å². The van der Waals surface area contributed by atoms with Crippen LogP contribution in [0.15, 0.2) is 0 Å². The Balaban J connectivity index is 2.62. The smallest absolute Gasteiger partial charge is 0.326 e. The molecule has 4 heteroatoms. The molecule has 0 amide bonds. The summed E-state index contributed by atoms with van der Waals surface area (Å²) in [5.74, 6) is 2.33. The number of nitrogens with zero attached hydrogens (tertiary/aromatic N) is 1.